The van der Waals surface area contributed by atoms with Crippen LogP contribution in [0.5, 0.6) is 17.4 Å². The van der Waals surface area contributed by atoms with Crippen LogP contribution in [0.3, 0.4) is 0 Å². The van der Waals surface area contributed by atoms with Gasteiger partial charge in [-0.25, -0.2) is 13.8 Å². The number of nitrogens with zero attached hydrogens (tertiary/aromatic N) is 2. The Kier molecular flexibility index (Phi) is 4.38. The minimum absolute atomic E-state index is 0.127. The molecule has 134 valence electrons. The molecule has 0 fully saturated rings. The zero-order valence-electron chi connectivity index (χ0n) is 14.3. The van der Waals surface area contributed by atoms with E-state index in [-0.39, 0.29) is 23.2 Å². The Labute approximate surface area is 154 Å². The molecule has 0 amide bonds. The van der Waals surface area contributed by atoms with Gasteiger partial charge in [0.25, 0.3) is 0 Å². The van der Waals surface area contributed by atoms with Gasteiger partial charge in [0.05, 0.1) is 18.0 Å². The highest BCUT2D eigenvalue weighted by molar-refractivity contribution is 5.85. The third-order valence-corrected chi connectivity index (χ3v) is 4.01. The highest BCUT2D eigenvalue weighted by Crippen LogP contribution is 2.31. The van der Waals surface area contributed by atoms with Gasteiger partial charge in [-0.2, -0.15) is 4.98 Å². The molecule has 0 N–H and O–H groups in total. The second-order valence-corrected chi connectivity index (χ2v) is 5.77. The minimum Gasteiger partial charge on any atom is -0.494 e. The largest absolute Gasteiger partial charge is 0.494 e. The number of methoxy groups -OCH3 is 1. The molecule has 0 radical (unpaired) electrons. The number of halogens is 2. The van der Waals surface area contributed by atoms with Crippen LogP contribution in [0.4, 0.5) is 8.78 Å². The first kappa shape index (κ1) is 16.9. The Hall–Kier alpha value is -3.54. The number of aromatic nitrogens is 2. The van der Waals surface area contributed by atoms with Crippen LogP contribution in [0.25, 0.3) is 22.3 Å². The Morgan fingerprint density at radius 1 is 0.852 bits per heavy atom. The van der Waals surface area contributed by atoms with Crippen molar-refractivity contribution >= 4 is 10.9 Å². The molecular formula is C21H14F2N2O2. The fraction of sp³-hybridized carbons (Fsp3) is 0.0476. The van der Waals surface area contributed by atoms with Gasteiger partial charge in [0.2, 0.25) is 5.88 Å². The Bertz CT molecular complexity index is 1110. The zero-order valence-corrected chi connectivity index (χ0v) is 14.3. The van der Waals surface area contributed by atoms with Crippen LogP contribution >= 0.6 is 0 Å². The molecule has 0 spiro atoms. The smallest absolute Gasteiger partial charge is 0.230 e. The summed E-state index contributed by atoms with van der Waals surface area (Å²) in [5.74, 6) is 0.197. The van der Waals surface area contributed by atoms with Crippen molar-refractivity contribution in [3.63, 3.8) is 0 Å². The standard InChI is InChI=1S/C21H14F2N2O2/c1-26-19-11-10-15(12-17(19)23)27-21-16-4-2-3-5-18(16)24-20(25-21)13-6-8-14(22)9-7-13/h2-12H,1H3. The summed E-state index contributed by atoms with van der Waals surface area (Å²) in [6.45, 7) is 0. The van der Waals surface area contributed by atoms with Crippen LogP contribution in [-0.4, -0.2) is 17.1 Å². The lowest BCUT2D eigenvalue weighted by molar-refractivity contribution is 0.382. The maximum Gasteiger partial charge on any atom is 0.230 e. The van der Waals surface area contributed by atoms with Crippen molar-refractivity contribution in [3.05, 3.63) is 78.4 Å². The number of fused-ring (bicyclic) bond motifs is 1. The molecule has 0 aliphatic carbocycles. The molecule has 4 nitrogen and oxygen atoms in total. The van der Waals surface area contributed by atoms with Crippen molar-refractivity contribution in [2.45, 2.75) is 0 Å². The number of ether oxygens (including phenoxy) is 2. The molecule has 27 heavy (non-hydrogen) atoms. The number of hydrogen-bond acceptors (Lipinski definition) is 4. The van der Waals surface area contributed by atoms with Crippen molar-refractivity contribution in [1.82, 2.24) is 9.97 Å². The predicted molar refractivity (Wildman–Crippen MR) is 98.0 cm³/mol. The highest BCUT2D eigenvalue weighted by atomic mass is 19.1. The molecule has 0 atom stereocenters. The van der Waals surface area contributed by atoms with Crippen LogP contribution in [0.15, 0.2) is 66.7 Å². The lowest BCUT2D eigenvalue weighted by Crippen LogP contribution is -1.97. The van der Waals surface area contributed by atoms with Crippen LogP contribution < -0.4 is 9.47 Å². The predicted octanol–water partition coefficient (Wildman–Crippen LogP) is 5.38. The van der Waals surface area contributed by atoms with Gasteiger partial charge in [0, 0.05) is 11.6 Å². The van der Waals surface area contributed by atoms with Crippen molar-refractivity contribution in [2.75, 3.05) is 7.11 Å². The third-order valence-electron chi connectivity index (χ3n) is 4.01. The number of benzene rings is 3. The molecule has 0 unspecified atom stereocenters. The molecule has 4 aromatic rings. The van der Waals surface area contributed by atoms with Crippen LogP contribution in [0, 0.1) is 11.6 Å². The van der Waals surface area contributed by atoms with E-state index in [0.717, 1.165) is 0 Å². The Morgan fingerprint density at radius 3 is 2.37 bits per heavy atom. The van der Waals surface area contributed by atoms with Gasteiger partial charge in [-0.05, 0) is 48.5 Å². The first-order chi connectivity index (χ1) is 13.1. The van der Waals surface area contributed by atoms with E-state index in [1.54, 1.807) is 18.2 Å². The third kappa shape index (κ3) is 3.42. The van der Waals surface area contributed by atoms with Crippen LogP contribution in [0.2, 0.25) is 0 Å². The monoisotopic (exact) mass is 364 g/mol. The van der Waals surface area contributed by atoms with Gasteiger partial charge in [0.1, 0.15) is 11.6 Å². The van der Waals surface area contributed by atoms with Crippen molar-refractivity contribution in [3.8, 4) is 28.8 Å². The van der Waals surface area contributed by atoms with E-state index in [0.29, 0.717) is 22.3 Å². The number of rotatable bonds is 4. The van der Waals surface area contributed by atoms with E-state index in [1.165, 1.54) is 31.4 Å². The topological polar surface area (TPSA) is 44.2 Å². The molecular weight excluding hydrogens is 350 g/mol. The summed E-state index contributed by atoms with van der Waals surface area (Å²) in [5, 5.41) is 0.680. The highest BCUT2D eigenvalue weighted by Gasteiger charge is 2.13. The quantitative estimate of drug-likeness (QED) is 0.488. The van der Waals surface area contributed by atoms with Gasteiger partial charge < -0.3 is 9.47 Å². The van der Waals surface area contributed by atoms with E-state index in [9.17, 15) is 8.78 Å². The maximum atomic E-state index is 14.0. The summed E-state index contributed by atoms with van der Waals surface area (Å²) in [5.41, 5.74) is 1.31. The summed E-state index contributed by atoms with van der Waals surface area (Å²) in [4.78, 5) is 8.97. The Balaban J connectivity index is 1.81. The summed E-state index contributed by atoms with van der Waals surface area (Å²) in [6, 6.07) is 17.5. The van der Waals surface area contributed by atoms with Crippen molar-refractivity contribution < 1.29 is 18.3 Å². The fourth-order valence-electron chi connectivity index (χ4n) is 2.68. The molecule has 0 aliphatic rings. The SMILES string of the molecule is COc1ccc(Oc2nc(-c3ccc(F)cc3)nc3ccccc23)cc1F. The molecule has 1 aromatic heterocycles. The molecule has 6 heteroatoms. The van der Waals surface area contributed by atoms with Crippen molar-refractivity contribution in [1.29, 1.82) is 0 Å². The van der Waals surface area contributed by atoms with Gasteiger partial charge in [0.15, 0.2) is 17.4 Å². The van der Waals surface area contributed by atoms with Crippen molar-refractivity contribution in [2.24, 2.45) is 0 Å². The zero-order chi connectivity index (χ0) is 18.8. The molecule has 0 aliphatic heterocycles. The number of para-hydroxylation sites is 1. The average Bonchev–Trinajstić information content (AvgIpc) is 2.68. The molecule has 3 aromatic carbocycles. The molecule has 0 bridgehead atoms. The number of hydrogen-bond donors (Lipinski definition) is 0. The van der Waals surface area contributed by atoms with E-state index in [1.807, 2.05) is 24.3 Å². The Morgan fingerprint density at radius 2 is 1.63 bits per heavy atom. The molecule has 1 heterocycles. The fourth-order valence-corrected chi connectivity index (χ4v) is 2.68. The van der Waals surface area contributed by atoms with E-state index in [2.05, 4.69) is 9.97 Å². The maximum absolute atomic E-state index is 14.0. The molecule has 0 saturated heterocycles. The minimum atomic E-state index is -0.535. The van der Waals surface area contributed by atoms with Gasteiger partial charge >= 0.3 is 0 Å². The molecule has 4 rings (SSSR count). The first-order valence-corrected chi connectivity index (χ1v) is 8.18. The summed E-state index contributed by atoms with van der Waals surface area (Å²) in [6.07, 6.45) is 0. The van der Waals surface area contributed by atoms with Crippen LogP contribution in [0.1, 0.15) is 0 Å². The lowest BCUT2D eigenvalue weighted by atomic mass is 10.2. The lowest BCUT2D eigenvalue weighted by Gasteiger charge is -2.11. The van der Waals surface area contributed by atoms with Crippen LogP contribution in [-0.2, 0) is 0 Å². The van der Waals surface area contributed by atoms with E-state index in [4.69, 9.17) is 9.47 Å². The second kappa shape index (κ2) is 6.99. The molecule has 0 saturated carbocycles. The summed E-state index contributed by atoms with van der Waals surface area (Å²) in [7, 11) is 1.39. The normalized spacial score (nSPS) is 10.8. The van der Waals surface area contributed by atoms with E-state index >= 15 is 0 Å². The average molecular weight is 364 g/mol. The van der Waals surface area contributed by atoms with E-state index < -0.39 is 5.82 Å². The first-order valence-electron chi connectivity index (χ1n) is 8.18. The summed E-state index contributed by atoms with van der Waals surface area (Å²) >= 11 is 0. The van der Waals surface area contributed by atoms with Gasteiger partial charge in [-0.15, -0.1) is 0 Å². The van der Waals surface area contributed by atoms with Gasteiger partial charge in [-0.1, -0.05) is 12.1 Å². The summed E-state index contributed by atoms with van der Waals surface area (Å²) < 4.78 is 37.9. The van der Waals surface area contributed by atoms with Gasteiger partial charge in [-0.3, -0.25) is 0 Å². The second-order valence-electron chi connectivity index (χ2n) is 5.77.